The number of aromatic nitrogens is 1. The van der Waals surface area contributed by atoms with E-state index in [1.807, 2.05) is 6.92 Å². The summed E-state index contributed by atoms with van der Waals surface area (Å²) in [6.45, 7) is 3.24. The number of hydrogen-bond donors (Lipinski definition) is 3. The van der Waals surface area contributed by atoms with Gasteiger partial charge in [-0.15, -0.1) is 0 Å². The van der Waals surface area contributed by atoms with E-state index in [-0.39, 0.29) is 17.9 Å². The third-order valence-corrected chi connectivity index (χ3v) is 3.53. The Labute approximate surface area is 128 Å². The Hall–Kier alpha value is -1.82. The molecule has 1 fully saturated rings. The van der Waals surface area contributed by atoms with Gasteiger partial charge in [-0.3, -0.25) is 9.59 Å². The fourth-order valence-electron chi connectivity index (χ4n) is 2.08. The number of carbonyl (C=O) groups is 2. The molecule has 1 aromatic rings. The first-order valence-electron chi connectivity index (χ1n) is 7.07. The molecule has 2 rings (SSSR count). The molecule has 0 spiro atoms. The Morgan fingerprint density at radius 2 is 2.38 bits per heavy atom. The molecule has 3 N–H and O–H groups in total. The van der Waals surface area contributed by atoms with Crippen molar-refractivity contribution >= 4 is 29.2 Å². The lowest BCUT2D eigenvalue weighted by molar-refractivity contribution is -0.119. The molecule has 0 aliphatic carbocycles. The highest BCUT2D eigenvalue weighted by Gasteiger charge is 2.21. The number of amides is 2. The number of hydrogen-bond acceptors (Lipinski definition) is 4. The van der Waals surface area contributed by atoms with Crippen LogP contribution in [0.25, 0.3) is 0 Å². The lowest BCUT2D eigenvalue weighted by Crippen LogP contribution is -2.38. The van der Waals surface area contributed by atoms with E-state index < -0.39 is 0 Å². The van der Waals surface area contributed by atoms with E-state index in [2.05, 4.69) is 20.9 Å². The summed E-state index contributed by atoms with van der Waals surface area (Å²) in [4.78, 5) is 27.3. The zero-order valence-corrected chi connectivity index (χ0v) is 12.7. The Morgan fingerprint density at radius 3 is 3.00 bits per heavy atom. The van der Waals surface area contributed by atoms with E-state index in [0.717, 1.165) is 19.4 Å². The predicted molar refractivity (Wildman–Crippen MR) is 81.5 cm³/mol. The number of nitrogens with one attached hydrogen (secondary N) is 3. The van der Waals surface area contributed by atoms with Gasteiger partial charge in [-0.05, 0) is 18.9 Å². The third kappa shape index (κ3) is 4.32. The van der Waals surface area contributed by atoms with Gasteiger partial charge in [0.25, 0.3) is 5.91 Å². The predicted octanol–water partition coefficient (Wildman–Crippen LogP) is 1.57. The van der Waals surface area contributed by atoms with E-state index in [4.69, 9.17) is 11.6 Å². The van der Waals surface area contributed by atoms with Crippen molar-refractivity contribution in [3.8, 4) is 0 Å². The second-order valence-corrected chi connectivity index (χ2v) is 5.40. The Kier molecular flexibility index (Phi) is 5.38. The van der Waals surface area contributed by atoms with Crippen LogP contribution in [0.3, 0.4) is 0 Å². The SMILES string of the molecule is CCCNc1ncc(C(=O)NCC2CCC(=O)N2)cc1Cl. The molecule has 0 aromatic carbocycles. The zero-order chi connectivity index (χ0) is 15.2. The molecular formula is C14H19ClN4O2. The molecule has 1 aliphatic heterocycles. The summed E-state index contributed by atoms with van der Waals surface area (Å²) >= 11 is 6.09. The van der Waals surface area contributed by atoms with Gasteiger partial charge in [0.05, 0.1) is 10.6 Å². The smallest absolute Gasteiger partial charge is 0.252 e. The Morgan fingerprint density at radius 1 is 1.57 bits per heavy atom. The highest BCUT2D eigenvalue weighted by Crippen LogP contribution is 2.20. The maximum Gasteiger partial charge on any atom is 0.252 e. The fraction of sp³-hybridized carbons (Fsp3) is 0.500. The maximum atomic E-state index is 12.0. The summed E-state index contributed by atoms with van der Waals surface area (Å²) in [5.41, 5.74) is 0.409. The van der Waals surface area contributed by atoms with Crippen LogP contribution in [0.2, 0.25) is 5.02 Å². The number of halogens is 1. The molecule has 21 heavy (non-hydrogen) atoms. The highest BCUT2D eigenvalue weighted by atomic mass is 35.5. The van der Waals surface area contributed by atoms with Crippen LogP contribution in [0.4, 0.5) is 5.82 Å². The van der Waals surface area contributed by atoms with Crippen LogP contribution in [0.15, 0.2) is 12.3 Å². The van der Waals surface area contributed by atoms with E-state index in [1.54, 1.807) is 6.07 Å². The monoisotopic (exact) mass is 310 g/mol. The first-order valence-corrected chi connectivity index (χ1v) is 7.45. The van der Waals surface area contributed by atoms with Crippen molar-refractivity contribution in [2.45, 2.75) is 32.2 Å². The molecule has 1 aliphatic rings. The largest absolute Gasteiger partial charge is 0.369 e. The van der Waals surface area contributed by atoms with E-state index in [0.29, 0.717) is 29.4 Å². The van der Waals surface area contributed by atoms with E-state index in [1.165, 1.54) is 6.20 Å². The molecule has 0 radical (unpaired) electrons. The average molecular weight is 311 g/mol. The van der Waals surface area contributed by atoms with Crippen molar-refractivity contribution < 1.29 is 9.59 Å². The van der Waals surface area contributed by atoms with Crippen LogP contribution in [-0.4, -0.2) is 35.9 Å². The minimum absolute atomic E-state index is 0.00961. The lowest BCUT2D eigenvalue weighted by Gasteiger charge is -2.12. The molecule has 6 nitrogen and oxygen atoms in total. The molecule has 1 aromatic heterocycles. The van der Waals surface area contributed by atoms with Gasteiger partial charge in [-0.25, -0.2) is 4.98 Å². The van der Waals surface area contributed by atoms with Crippen LogP contribution >= 0.6 is 11.6 Å². The van der Waals surface area contributed by atoms with Crippen molar-refractivity contribution in [1.29, 1.82) is 0 Å². The molecule has 1 atom stereocenters. The van der Waals surface area contributed by atoms with Gasteiger partial charge in [0.2, 0.25) is 5.91 Å². The highest BCUT2D eigenvalue weighted by molar-refractivity contribution is 6.33. The van der Waals surface area contributed by atoms with E-state index >= 15 is 0 Å². The minimum atomic E-state index is -0.243. The van der Waals surface area contributed by atoms with Gasteiger partial charge in [-0.2, -0.15) is 0 Å². The number of nitrogens with zero attached hydrogens (tertiary/aromatic N) is 1. The van der Waals surface area contributed by atoms with Gasteiger partial charge < -0.3 is 16.0 Å². The van der Waals surface area contributed by atoms with Crippen LogP contribution < -0.4 is 16.0 Å². The molecular weight excluding hydrogens is 292 g/mol. The standard InChI is InChI=1S/C14H19ClN4O2/c1-2-5-16-13-11(15)6-9(7-17-13)14(21)18-8-10-3-4-12(20)19-10/h6-7,10H,2-5,8H2,1H3,(H,16,17)(H,18,21)(H,19,20). The molecule has 1 unspecified atom stereocenters. The summed E-state index contributed by atoms with van der Waals surface area (Å²) in [7, 11) is 0. The van der Waals surface area contributed by atoms with Crippen LogP contribution in [-0.2, 0) is 4.79 Å². The van der Waals surface area contributed by atoms with Crippen molar-refractivity contribution in [3.05, 3.63) is 22.8 Å². The first kappa shape index (κ1) is 15.6. The van der Waals surface area contributed by atoms with Gasteiger partial charge in [0.15, 0.2) is 0 Å². The number of anilines is 1. The molecule has 0 bridgehead atoms. The van der Waals surface area contributed by atoms with Gasteiger partial charge >= 0.3 is 0 Å². The molecule has 1 saturated heterocycles. The third-order valence-electron chi connectivity index (χ3n) is 3.24. The fourth-order valence-corrected chi connectivity index (χ4v) is 2.32. The first-order chi connectivity index (χ1) is 10.1. The quantitative estimate of drug-likeness (QED) is 0.744. The summed E-state index contributed by atoms with van der Waals surface area (Å²) in [5, 5.41) is 9.09. The Bertz CT molecular complexity index is 536. The van der Waals surface area contributed by atoms with Crippen LogP contribution in [0.1, 0.15) is 36.5 Å². The normalized spacial score (nSPS) is 17.4. The summed E-state index contributed by atoms with van der Waals surface area (Å²) in [6.07, 6.45) is 3.73. The van der Waals surface area contributed by atoms with E-state index in [9.17, 15) is 9.59 Å². The summed E-state index contributed by atoms with van der Waals surface area (Å²) in [6, 6.07) is 1.60. The van der Waals surface area contributed by atoms with Crippen LogP contribution in [0.5, 0.6) is 0 Å². The topological polar surface area (TPSA) is 83.1 Å². The summed E-state index contributed by atoms with van der Waals surface area (Å²) < 4.78 is 0. The molecule has 114 valence electrons. The molecule has 2 heterocycles. The maximum absolute atomic E-state index is 12.0. The minimum Gasteiger partial charge on any atom is -0.369 e. The number of carbonyl (C=O) groups excluding carboxylic acids is 2. The van der Waals surface area contributed by atoms with Gasteiger partial charge in [-0.1, -0.05) is 18.5 Å². The van der Waals surface area contributed by atoms with Crippen molar-refractivity contribution in [2.75, 3.05) is 18.4 Å². The summed E-state index contributed by atoms with van der Waals surface area (Å²) in [5.74, 6) is 0.371. The molecule has 2 amide bonds. The van der Waals surface area contributed by atoms with Gasteiger partial charge in [0, 0.05) is 31.7 Å². The van der Waals surface area contributed by atoms with Crippen LogP contribution in [0, 0.1) is 0 Å². The lowest BCUT2D eigenvalue weighted by atomic mass is 10.2. The average Bonchev–Trinajstić information content (AvgIpc) is 2.89. The van der Waals surface area contributed by atoms with Crippen molar-refractivity contribution in [2.24, 2.45) is 0 Å². The second-order valence-electron chi connectivity index (χ2n) is 4.99. The van der Waals surface area contributed by atoms with Crippen molar-refractivity contribution in [3.63, 3.8) is 0 Å². The number of pyridine rings is 1. The molecule has 7 heteroatoms. The number of rotatable bonds is 6. The van der Waals surface area contributed by atoms with Gasteiger partial charge in [0.1, 0.15) is 5.82 Å². The Balaban J connectivity index is 1.90. The molecule has 0 saturated carbocycles. The van der Waals surface area contributed by atoms with Crippen molar-refractivity contribution in [1.82, 2.24) is 15.6 Å². The second kappa shape index (κ2) is 7.26. The zero-order valence-electron chi connectivity index (χ0n) is 11.9.